The van der Waals surface area contributed by atoms with E-state index in [1.807, 2.05) is 7.05 Å². The number of allylic oxidation sites excluding steroid dienone is 2. The van der Waals surface area contributed by atoms with Gasteiger partial charge in [0, 0.05) is 31.1 Å². The van der Waals surface area contributed by atoms with Crippen molar-refractivity contribution in [3.63, 3.8) is 0 Å². The molecule has 2 aliphatic rings. The van der Waals surface area contributed by atoms with Crippen molar-refractivity contribution in [1.29, 1.82) is 0 Å². The van der Waals surface area contributed by atoms with Crippen LogP contribution in [0.2, 0.25) is 0 Å². The van der Waals surface area contributed by atoms with E-state index in [0.29, 0.717) is 19.1 Å². The van der Waals surface area contributed by atoms with Gasteiger partial charge in [-0.25, -0.2) is 0 Å². The molecular formula is C19H25NO3. The fraction of sp³-hybridized carbons (Fsp3) is 0.526. The summed E-state index contributed by atoms with van der Waals surface area (Å²) >= 11 is 0. The van der Waals surface area contributed by atoms with Crippen LogP contribution in [-0.4, -0.2) is 32.3 Å². The summed E-state index contributed by atoms with van der Waals surface area (Å²) < 4.78 is 11.6. The van der Waals surface area contributed by atoms with Gasteiger partial charge in [0.05, 0.1) is 13.2 Å². The molecule has 4 heteroatoms. The van der Waals surface area contributed by atoms with Gasteiger partial charge in [-0.3, -0.25) is 4.79 Å². The van der Waals surface area contributed by atoms with Crippen molar-refractivity contribution in [2.45, 2.75) is 38.4 Å². The van der Waals surface area contributed by atoms with E-state index in [-0.39, 0.29) is 5.79 Å². The van der Waals surface area contributed by atoms with Gasteiger partial charge in [0.15, 0.2) is 5.79 Å². The van der Waals surface area contributed by atoms with Crippen LogP contribution in [0.1, 0.15) is 36.8 Å². The number of carbonyl (C=O) groups excluding carboxylic acids is 1. The van der Waals surface area contributed by atoms with Crippen LogP contribution in [0.25, 0.3) is 5.57 Å². The van der Waals surface area contributed by atoms with E-state index >= 15 is 0 Å². The maximum absolute atomic E-state index is 11.2. The molecule has 1 saturated heterocycles. The summed E-state index contributed by atoms with van der Waals surface area (Å²) in [5.41, 5.74) is 4.53. The zero-order valence-corrected chi connectivity index (χ0v) is 13.9. The molecule has 1 spiro atoms. The smallest absolute Gasteiger partial charge is 0.168 e. The maximum Gasteiger partial charge on any atom is 0.168 e. The second-order valence-corrected chi connectivity index (χ2v) is 6.44. The van der Waals surface area contributed by atoms with Crippen molar-refractivity contribution in [3.05, 3.63) is 35.4 Å². The van der Waals surface area contributed by atoms with Gasteiger partial charge in [-0.05, 0) is 49.5 Å². The Morgan fingerprint density at radius 3 is 2.57 bits per heavy atom. The normalized spacial score (nSPS) is 21.6. The number of benzene rings is 1. The Morgan fingerprint density at radius 2 is 1.96 bits per heavy atom. The second kappa shape index (κ2) is 6.85. The van der Waals surface area contributed by atoms with E-state index < -0.39 is 0 Å². The monoisotopic (exact) mass is 315 g/mol. The Labute approximate surface area is 137 Å². The minimum Gasteiger partial charge on any atom is -0.388 e. The van der Waals surface area contributed by atoms with Gasteiger partial charge in [-0.1, -0.05) is 11.6 Å². The number of nitrogens with one attached hydrogen (secondary N) is 1. The number of hydrogen-bond acceptors (Lipinski definition) is 4. The van der Waals surface area contributed by atoms with Gasteiger partial charge in [-0.15, -0.1) is 0 Å². The predicted molar refractivity (Wildman–Crippen MR) is 91.4 cm³/mol. The van der Waals surface area contributed by atoms with Crippen molar-refractivity contribution in [3.8, 4) is 0 Å². The van der Waals surface area contributed by atoms with Crippen LogP contribution in [-0.2, 0) is 14.3 Å². The van der Waals surface area contributed by atoms with E-state index in [4.69, 9.17) is 9.47 Å². The fourth-order valence-corrected chi connectivity index (χ4v) is 3.79. The molecule has 124 valence electrons. The molecule has 23 heavy (non-hydrogen) atoms. The van der Waals surface area contributed by atoms with Crippen LogP contribution in [0.15, 0.2) is 24.3 Å². The third kappa shape index (κ3) is 3.33. The van der Waals surface area contributed by atoms with E-state index in [0.717, 1.165) is 48.8 Å². The van der Waals surface area contributed by atoms with Crippen LogP contribution < -0.4 is 5.32 Å². The highest BCUT2D eigenvalue weighted by molar-refractivity contribution is 5.87. The summed E-state index contributed by atoms with van der Waals surface area (Å²) in [6.07, 6.45) is 6.40. The topological polar surface area (TPSA) is 47.6 Å². The molecule has 4 nitrogen and oxygen atoms in total. The summed E-state index contributed by atoms with van der Waals surface area (Å²) in [6.45, 7) is 3.48. The lowest BCUT2D eigenvalue weighted by molar-refractivity contribution is -0.179. The van der Waals surface area contributed by atoms with Crippen LogP contribution in [0.5, 0.6) is 0 Å². The van der Waals surface area contributed by atoms with Gasteiger partial charge in [-0.2, -0.15) is 0 Å². The quantitative estimate of drug-likeness (QED) is 0.682. The van der Waals surface area contributed by atoms with Gasteiger partial charge in [0.1, 0.15) is 6.29 Å². The molecule has 0 radical (unpaired) electrons. The molecule has 1 aliphatic carbocycles. The molecule has 0 atom stereocenters. The van der Waals surface area contributed by atoms with Crippen LogP contribution in [0.3, 0.4) is 0 Å². The van der Waals surface area contributed by atoms with E-state index in [1.54, 1.807) is 6.08 Å². The highest BCUT2D eigenvalue weighted by atomic mass is 16.7. The molecule has 1 saturated carbocycles. The molecule has 2 fully saturated rings. The zero-order valence-electron chi connectivity index (χ0n) is 13.9. The van der Waals surface area contributed by atoms with Crippen LogP contribution in [0, 0.1) is 12.8 Å². The molecule has 1 aliphatic heterocycles. The Balaban J connectivity index is 1.85. The third-order valence-corrected chi connectivity index (χ3v) is 5.00. The summed E-state index contributed by atoms with van der Waals surface area (Å²) in [5, 5.41) is 3.24. The number of carbonyl (C=O) groups is 1. The summed E-state index contributed by atoms with van der Waals surface area (Å²) in [4.78, 5) is 11.2. The Hall–Kier alpha value is -1.65. The average molecular weight is 315 g/mol. The first kappa shape index (κ1) is 16.2. The Bertz CT molecular complexity index is 593. The summed E-state index contributed by atoms with van der Waals surface area (Å²) in [5.74, 6) is 0.00819. The molecule has 0 unspecified atom stereocenters. The van der Waals surface area contributed by atoms with Gasteiger partial charge in [0.25, 0.3) is 0 Å². The lowest BCUT2D eigenvalue weighted by atomic mass is 9.78. The molecule has 0 bridgehead atoms. The van der Waals surface area contributed by atoms with Gasteiger partial charge >= 0.3 is 0 Å². The van der Waals surface area contributed by atoms with Crippen molar-refractivity contribution >= 4 is 17.5 Å². The number of hydrogen-bond donors (Lipinski definition) is 1. The Kier molecular flexibility index (Phi) is 4.83. The standard InChI is InChI=1S/C19H25NO3/c1-14-3-4-18(20-2)17(13-14)16(7-10-21)15-5-8-19(9-6-15)22-11-12-23-19/h3-4,7,10,13,15,20H,5-6,8-9,11-12H2,1-2H3/b16-7-. The average Bonchev–Trinajstić information content (AvgIpc) is 3.02. The molecule has 1 aromatic carbocycles. The molecule has 3 rings (SSSR count). The Morgan fingerprint density at radius 1 is 1.26 bits per heavy atom. The first-order valence-corrected chi connectivity index (χ1v) is 8.39. The first-order chi connectivity index (χ1) is 11.2. The number of ether oxygens (including phenoxy) is 2. The van der Waals surface area contributed by atoms with Crippen molar-refractivity contribution in [2.75, 3.05) is 25.6 Å². The first-order valence-electron chi connectivity index (χ1n) is 8.39. The lowest BCUT2D eigenvalue weighted by Crippen LogP contribution is -2.35. The molecule has 0 aromatic heterocycles. The van der Waals surface area contributed by atoms with Crippen LogP contribution in [0.4, 0.5) is 5.69 Å². The van der Waals surface area contributed by atoms with Crippen molar-refractivity contribution < 1.29 is 14.3 Å². The van der Waals surface area contributed by atoms with Crippen molar-refractivity contribution in [1.82, 2.24) is 0 Å². The van der Waals surface area contributed by atoms with E-state index in [9.17, 15) is 4.79 Å². The summed E-state index contributed by atoms with van der Waals surface area (Å²) in [7, 11) is 1.92. The second-order valence-electron chi connectivity index (χ2n) is 6.44. The van der Waals surface area contributed by atoms with E-state index in [2.05, 4.69) is 30.4 Å². The number of rotatable bonds is 4. The predicted octanol–water partition coefficient (Wildman–Crippen LogP) is 3.55. The number of aldehydes is 1. The highest BCUT2D eigenvalue weighted by Gasteiger charge is 2.41. The lowest BCUT2D eigenvalue weighted by Gasteiger charge is -2.36. The largest absolute Gasteiger partial charge is 0.388 e. The van der Waals surface area contributed by atoms with Crippen LogP contribution >= 0.6 is 0 Å². The summed E-state index contributed by atoms with van der Waals surface area (Å²) in [6, 6.07) is 6.33. The minimum absolute atomic E-state index is 0.360. The minimum atomic E-state index is -0.360. The zero-order chi connectivity index (χ0) is 16.3. The highest BCUT2D eigenvalue weighted by Crippen LogP contribution is 2.44. The molecule has 1 aromatic rings. The third-order valence-electron chi connectivity index (χ3n) is 5.00. The number of aryl methyl sites for hydroxylation is 1. The SMILES string of the molecule is CNc1ccc(C)cc1/C(=C\C=O)C1CCC2(CC1)OCCO2. The van der Waals surface area contributed by atoms with Crippen molar-refractivity contribution in [2.24, 2.45) is 5.92 Å². The number of anilines is 1. The van der Waals surface area contributed by atoms with Gasteiger partial charge in [0.2, 0.25) is 0 Å². The van der Waals surface area contributed by atoms with E-state index in [1.165, 1.54) is 5.56 Å². The molecular weight excluding hydrogens is 290 g/mol. The fourth-order valence-electron chi connectivity index (χ4n) is 3.79. The molecule has 1 N–H and O–H groups in total. The molecule has 0 amide bonds. The maximum atomic E-state index is 11.2. The molecule has 1 heterocycles. The van der Waals surface area contributed by atoms with Gasteiger partial charge < -0.3 is 14.8 Å².